The van der Waals surface area contributed by atoms with Crippen molar-refractivity contribution in [2.75, 3.05) is 0 Å². The Hall–Kier alpha value is -1.37. The summed E-state index contributed by atoms with van der Waals surface area (Å²) in [7, 11) is 3.67. The van der Waals surface area contributed by atoms with Crippen molar-refractivity contribution in [1.82, 2.24) is 25.0 Å². The quantitative estimate of drug-likeness (QED) is 0.600. The summed E-state index contributed by atoms with van der Waals surface area (Å²) >= 11 is 6.08. The fourth-order valence-corrected chi connectivity index (χ4v) is 1.99. The van der Waals surface area contributed by atoms with Crippen LogP contribution < -0.4 is 11.3 Å². The summed E-state index contributed by atoms with van der Waals surface area (Å²) in [4.78, 5) is 0. The van der Waals surface area contributed by atoms with E-state index in [0.717, 1.165) is 11.4 Å². The Morgan fingerprint density at radius 1 is 1.38 bits per heavy atom. The molecule has 7 heteroatoms. The highest BCUT2D eigenvalue weighted by Crippen LogP contribution is 2.26. The predicted molar refractivity (Wildman–Crippen MR) is 60.6 cm³/mol. The Morgan fingerprint density at radius 2 is 2.12 bits per heavy atom. The van der Waals surface area contributed by atoms with E-state index >= 15 is 0 Å². The molecule has 0 saturated carbocycles. The lowest BCUT2D eigenvalue weighted by molar-refractivity contribution is 0.535. The van der Waals surface area contributed by atoms with Gasteiger partial charge in [0.1, 0.15) is 6.04 Å². The second kappa shape index (κ2) is 4.25. The van der Waals surface area contributed by atoms with Crippen LogP contribution >= 0.6 is 11.6 Å². The van der Waals surface area contributed by atoms with Gasteiger partial charge < -0.3 is 0 Å². The monoisotopic (exact) mass is 240 g/mol. The van der Waals surface area contributed by atoms with Crippen LogP contribution in [0.25, 0.3) is 0 Å². The lowest BCUT2D eigenvalue weighted by Crippen LogP contribution is -2.32. The number of hydrazine groups is 1. The minimum Gasteiger partial charge on any atom is -0.271 e. The van der Waals surface area contributed by atoms with Crippen molar-refractivity contribution in [2.24, 2.45) is 19.9 Å². The zero-order valence-corrected chi connectivity index (χ0v) is 9.81. The largest absolute Gasteiger partial charge is 0.271 e. The summed E-state index contributed by atoms with van der Waals surface area (Å²) in [6, 6.07) is 1.65. The van der Waals surface area contributed by atoms with E-state index in [0.29, 0.717) is 5.02 Å². The maximum atomic E-state index is 6.08. The lowest BCUT2D eigenvalue weighted by atomic mass is 10.1. The van der Waals surface area contributed by atoms with Gasteiger partial charge in [-0.05, 0) is 6.07 Å². The molecule has 0 amide bonds. The Balaban J connectivity index is 2.49. The summed E-state index contributed by atoms with van der Waals surface area (Å²) in [6.45, 7) is 0. The molecule has 0 bridgehead atoms. The van der Waals surface area contributed by atoms with Crippen LogP contribution in [0, 0.1) is 0 Å². The minimum absolute atomic E-state index is 0.229. The van der Waals surface area contributed by atoms with Gasteiger partial charge in [-0.1, -0.05) is 11.6 Å². The van der Waals surface area contributed by atoms with E-state index in [2.05, 4.69) is 15.6 Å². The number of aromatic nitrogens is 4. The average Bonchev–Trinajstić information content (AvgIpc) is 2.80. The van der Waals surface area contributed by atoms with Gasteiger partial charge in [0.25, 0.3) is 0 Å². The molecule has 0 aliphatic carbocycles. The van der Waals surface area contributed by atoms with Gasteiger partial charge in [-0.25, -0.2) is 5.43 Å². The van der Waals surface area contributed by atoms with Crippen LogP contribution in [0.15, 0.2) is 18.5 Å². The fourth-order valence-electron chi connectivity index (χ4n) is 1.72. The molecule has 16 heavy (non-hydrogen) atoms. The first kappa shape index (κ1) is 11.1. The highest BCUT2D eigenvalue weighted by atomic mass is 35.5. The summed E-state index contributed by atoms with van der Waals surface area (Å²) in [5.41, 5.74) is 4.46. The third-order valence-corrected chi connectivity index (χ3v) is 2.82. The molecule has 0 aromatic carbocycles. The molecule has 2 aromatic heterocycles. The van der Waals surface area contributed by atoms with Crippen molar-refractivity contribution in [3.05, 3.63) is 34.9 Å². The van der Waals surface area contributed by atoms with Crippen LogP contribution in [0.1, 0.15) is 17.4 Å². The summed E-state index contributed by atoms with van der Waals surface area (Å²) in [5, 5.41) is 8.76. The second-order valence-corrected chi connectivity index (χ2v) is 3.89. The van der Waals surface area contributed by atoms with Crippen molar-refractivity contribution >= 4 is 11.6 Å². The maximum Gasteiger partial charge on any atom is 0.106 e. The molecule has 3 N–H and O–H groups in total. The maximum absolute atomic E-state index is 6.08. The molecular formula is C9H13ClN6. The summed E-state index contributed by atoms with van der Waals surface area (Å²) in [5.74, 6) is 5.57. The van der Waals surface area contributed by atoms with Crippen LogP contribution in [0.4, 0.5) is 0 Å². The van der Waals surface area contributed by atoms with Gasteiger partial charge in [-0.2, -0.15) is 10.2 Å². The van der Waals surface area contributed by atoms with Gasteiger partial charge in [-0.3, -0.25) is 15.2 Å². The first-order chi connectivity index (χ1) is 7.65. The normalized spacial score (nSPS) is 13.0. The van der Waals surface area contributed by atoms with Crippen LogP contribution in [0.5, 0.6) is 0 Å². The number of nitrogens with one attached hydrogen (secondary N) is 1. The van der Waals surface area contributed by atoms with E-state index < -0.39 is 0 Å². The van der Waals surface area contributed by atoms with Crippen molar-refractivity contribution in [2.45, 2.75) is 6.04 Å². The number of nitrogens with two attached hydrogens (primary N) is 1. The number of halogens is 1. The molecule has 0 fully saturated rings. The minimum atomic E-state index is -0.229. The van der Waals surface area contributed by atoms with Gasteiger partial charge in [0.2, 0.25) is 0 Å². The Labute approximate surface area is 98.0 Å². The molecule has 2 heterocycles. The molecule has 86 valence electrons. The smallest absolute Gasteiger partial charge is 0.106 e. The molecule has 2 rings (SSSR count). The Morgan fingerprint density at radius 3 is 2.56 bits per heavy atom. The molecule has 1 unspecified atom stereocenters. The molecule has 0 spiro atoms. The highest BCUT2D eigenvalue weighted by Gasteiger charge is 2.22. The second-order valence-electron chi connectivity index (χ2n) is 3.48. The van der Waals surface area contributed by atoms with Crippen molar-refractivity contribution < 1.29 is 0 Å². The average molecular weight is 241 g/mol. The van der Waals surface area contributed by atoms with E-state index in [9.17, 15) is 0 Å². The molecule has 0 radical (unpaired) electrons. The molecule has 6 nitrogen and oxygen atoms in total. The van der Waals surface area contributed by atoms with E-state index in [1.165, 1.54) is 0 Å². The third kappa shape index (κ3) is 1.71. The Bertz CT molecular complexity index is 468. The number of hydrogen-bond donors (Lipinski definition) is 2. The van der Waals surface area contributed by atoms with Crippen molar-refractivity contribution in [1.29, 1.82) is 0 Å². The molecule has 0 saturated heterocycles. The van der Waals surface area contributed by atoms with E-state index in [-0.39, 0.29) is 6.04 Å². The number of aryl methyl sites for hydroxylation is 2. The van der Waals surface area contributed by atoms with Crippen LogP contribution in [-0.4, -0.2) is 19.6 Å². The van der Waals surface area contributed by atoms with Crippen LogP contribution in [0.2, 0.25) is 5.02 Å². The van der Waals surface area contributed by atoms with Crippen LogP contribution in [0.3, 0.4) is 0 Å². The predicted octanol–water partition coefficient (Wildman–Crippen LogP) is 0.360. The summed E-state index contributed by atoms with van der Waals surface area (Å²) in [6.07, 6.45) is 3.31. The number of rotatable bonds is 3. The van der Waals surface area contributed by atoms with E-state index in [1.807, 2.05) is 20.2 Å². The van der Waals surface area contributed by atoms with Crippen molar-refractivity contribution in [3.63, 3.8) is 0 Å². The Kier molecular flexibility index (Phi) is 2.95. The molecule has 0 aliphatic heterocycles. The SMILES string of the molecule is Cn1nccc1C(NN)c1c(Cl)cnn1C. The third-order valence-electron chi connectivity index (χ3n) is 2.53. The van der Waals surface area contributed by atoms with Crippen LogP contribution in [-0.2, 0) is 14.1 Å². The van der Waals surface area contributed by atoms with Gasteiger partial charge in [0.15, 0.2) is 0 Å². The fraction of sp³-hybridized carbons (Fsp3) is 0.333. The van der Waals surface area contributed by atoms with E-state index in [4.69, 9.17) is 17.4 Å². The zero-order valence-electron chi connectivity index (χ0n) is 9.05. The molecule has 2 aromatic rings. The first-order valence-electron chi connectivity index (χ1n) is 4.76. The topological polar surface area (TPSA) is 73.7 Å². The van der Waals surface area contributed by atoms with E-state index in [1.54, 1.807) is 21.8 Å². The lowest BCUT2D eigenvalue weighted by Gasteiger charge is -2.17. The molecule has 0 aliphatic rings. The van der Waals surface area contributed by atoms with Gasteiger partial charge in [-0.15, -0.1) is 0 Å². The molecule has 1 atom stereocenters. The summed E-state index contributed by atoms with van der Waals surface area (Å²) < 4.78 is 3.44. The zero-order chi connectivity index (χ0) is 11.7. The van der Waals surface area contributed by atoms with Crippen molar-refractivity contribution in [3.8, 4) is 0 Å². The van der Waals surface area contributed by atoms with Gasteiger partial charge in [0, 0.05) is 20.3 Å². The first-order valence-corrected chi connectivity index (χ1v) is 5.14. The van der Waals surface area contributed by atoms with Gasteiger partial charge in [0.05, 0.1) is 22.6 Å². The number of hydrogen-bond acceptors (Lipinski definition) is 4. The molecular weight excluding hydrogens is 228 g/mol. The standard InChI is InChI=1S/C9H13ClN6/c1-15-7(3-4-12-15)8(14-11)9-6(10)5-13-16(9)2/h3-5,8,14H,11H2,1-2H3. The highest BCUT2D eigenvalue weighted by molar-refractivity contribution is 6.31. The van der Waals surface area contributed by atoms with Gasteiger partial charge >= 0.3 is 0 Å². The number of nitrogens with zero attached hydrogens (tertiary/aromatic N) is 4.